The van der Waals surface area contributed by atoms with Crippen molar-refractivity contribution in [1.82, 2.24) is 4.98 Å². The lowest BCUT2D eigenvalue weighted by Gasteiger charge is -2.10. The van der Waals surface area contributed by atoms with Crippen molar-refractivity contribution in [1.29, 1.82) is 5.26 Å². The van der Waals surface area contributed by atoms with E-state index < -0.39 is 5.92 Å². The molecule has 1 atom stereocenters. The van der Waals surface area contributed by atoms with E-state index in [1.54, 1.807) is 23.7 Å². The molecule has 1 heterocycles. The van der Waals surface area contributed by atoms with Gasteiger partial charge in [0.25, 0.3) is 0 Å². The highest BCUT2D eigenvalue weighted by molar-refractivity contribution is 7.16. The van der Waals surface area contributed by atoms with Crippen LogP contribution in [0.4, 0.5) is 5.69 Å². The highest BCUT2D eigenvalue weighted by Gasteiger charge is 2.20. The summed E-state index contributed by atoms with van der Waals surface area (Å²) in [6.07, 6.45) is 0. The molecule has 0 aliphatic heterocycles. The molecule has 3 aromatic rings. The van der Waals surface area contributed by atoms with Crippen LogP contribution in [-0.4, -0.2) is 10.9 Å². The van der Waals surface area contributed by atoms with Gasteiger partial charge in [-0.2, -0.15) is 5.26 Å². The molecule has 0 radical (unpaired) electrons. The summed E-state index contributed by atoms with van der Waals surface area (Å²) in [5.74, 6) is -1.14. The fourth-order valence-corrected chi connectivity index (χ4v) is 2.79. The van der Waals surface area contributed by atoms with E-state index in [4.69, 9.17) is 0 Å². The standard InChI is InChI=1S/C16H11N3OS/c17-9-13(11-4-2-1-3-5-11)16(20)19-12-6-7-14-15(8-12)21-10-18-14/h1-8,10,13H,(H,19,20). The first-order valence-corrected chi connectivity index (χ1v) is 7.24. The van der Waals surface area contributed by atoms with Crippen LogP contribution in [-0.2, 0) is 4.79 Å². The number of nitriles is 1. The Morgan fingerprint density at radius 2 is 2.05 bits per heavy atom. The Labute approximate surface area is 125 Å². The third kappa shape index (κ3) is 2.76. The average Bonchev–Trinajstić information content (AvgIpc) is 2.96. The van der Waals surface area contributed by atoms with Crippen LogP contribution < -0.4 is 5.32 Å². The second-order valence-corrected chi connectivity index (χ2v) is 5.38. The van der Waals surface area contributed by atoms with Gasteiger partial charge in [0.1, 0.15) is 0 Å². The number of hydrogen-bond donors (Lipinski definition) is 1. The molecule has 0 saturated carbocycles. The second-order valence-electron chi connectivity index (χ2n) is 4.50. The molecule has 1 N–H and O–H groups in total. The number of carbonyl (C=O) groups excluding carboxylic acids is 1. The molecule has 1 amide bonds. The van der Waals surface area contributed by atoms with Gasteiger partial charge in [-0.3, -0.25) is 4.79 Å². The van der Waals surface area contributed by atoms with E-state index in [1.165, 1.54) is 11.3 Å². The molecule has 102 valence electrons. The van der Waals surface area contributed by atoms with Crippen molar-refractivity contribution < 1.29 is 4.79 Å². The Bertz CT molecular complexity index is 820. The van der Waals surface area contributed by atoms with E-state index in [0.29, 0.717) is 11.3 Å². The zero-order valence-corrected chi connectivity index (χ0v) is 11.8. The number of anilines is 1. The van der Waals surface area contributed by atoms with Gasteiger partial charge < -0.3 is 5.32 Å². The lowest BCUT2D eigenvalue weighted by atomic mass is 10.00. The fraction of sp³-hybridized carbons (Fsp3) is 0.0625. The molecule has 0 spiro atoms. The quantitative estimate of drug-likeness (QED) is 0.803. The summed E-state index contributed by atoms with van der Waals surface area (Å²) < 4.78 is 1.00. The van der Waals surface area contributed by atoms with Crippen molar-refractivity contribution in [3.05, 3.63) is 59.6 Å². The van der Waals surface area contributed by atoms with E-state index in [2.05, 4.69) is 10.3 Å². The molecular weight excluding hydrogens is 282 g/mol. The predicted octanol–water partition coefficient (Wildman–Crippen LogP) is 3.54. The average molecular weight is 293 g/mol. The van der Waals surface area contributed by atoms with Gasteiger partial charge in [0.2, 0.25) is 5.91 Å². The largest absolute Gasteiger partial charge is 0.325 e. The summed E-state index contributed by atoms with van der Waals surface area (Å²) in [6.45, 7) is 0. The summed E-state index contributed by atoms with van der Waals surface area (Å²) in [6, 6.07) is 16.6. The highest BCUT2D eigenvalue weighted by Crippen LogP contribution is 2.23. The topological polar surface area (TPSA) is 65.8 Å². The van der Waals surface area contributed by atoms with Gasteiger partial charge in [0.05, 0.1) is 21.8 Å². The number of carbonyl (C=O) groups is 1. The van der Waals surface area contributed by atoms with Crippen LogP contribution in [0, 0.1) is 11.3 Å². The van der Waals surface area contributed by atoms with Gasteiger partial charge in [-0.1, -0.05) is 30.3 Å². The molecule has 0 aliphatic carbocycles. The maximum atomic E-state index is 12.3. The predicted molar refractivity (Wildman–Crippen MR) is 83.0 cm³/mol. The van der Waals surface area contributed by atoms with Crippen LogP contribution in [0.2, 0.25) is 0 Å². The first-order valence-electron chi connectivity index (χ1n) is 6.36. The molecule has 21 heavy (non-hydrogen) atoms. The molecule has 0 aliphatic rings. The normalized spacial score (nSPS) is 11.8. The van der Waals surface area contributed by atoms with Crippen LogP contribution in [0.1, 0.15) is 11.5 Å². The summed E-state index contributed by atoms with van der Waals surface area (Å²) in [5.41, 5.74) is 4.03. The Morgan fingerprint density at radius 1 is 1.24 bits per heavy atom. The van der Waals surface area contributed by atoms with Crippen molar-refractivity contribution in [2.45, 2.75) is 5.92 Å². The van der Waals surface area contributed by atoms with Crippen LogP contribution in [0.25, 0.3) is 10.2 Å². The monoisotopic (exact) mass is 293 g/mol. The summed E-state index contributed by atoms with van der Waals surface area (Å²) in [5, 5.41) is 12.0. The molecule has 5 heteroatoms. The molecule has 2 aromatic carbocycles. The van der Waals surface area contributed by atoms with Crippen molar-refractivity contribution in [3.63, 3.8) is 0 Å². The van der Waals surface area contributed by atoms with Gasteiger partial charge in [-0.15, -0.1) is 11.3 Å². The SMILES string of the molecule is N#CC(C(=O)Nc1ccc2ncsc2c1)c1ccccc1. The Kier molecular flexibility index (Phi) is 3.63. The van der Waals surface area contributed by atoms with Gasteiger partial charge >= 0.3 is 0 Å². The van der Waals surface area contributed by atoms with E-state index in [1.807, 2.05) is 36.4 Å². The van der Waals surface area contributed by atoms with E-state index >= 15 is 0 Å². The van der Waals surface area contributed by atoms with Crippen LogP contribution in [0.3, 0.4) is 0 Å². The third-order valence-corrected chi connectivity index (χ3v) is 3.91. The van der Waals surface area contributed by atoms with E-state index in [0.717, 1.165) is 10.2 Å². The van der Waals surface area contributed by atoms with Crippen molar-refractivity contribution >= 4 is 33.1 Å². The number of benzene rings is 2. The third-order valence-electron chi connectivity index (χ3n) is 3.12. The number of aromatic nitrogens is 1. The number of amides is 1. The van der Waals surface area contributed by atoms with Crippen molar-refractivity contribution in [2.75, 3.05) is 5.32 Å². The highest BCUT2D eigenvalue weighted by atomic mass is 32.1. The number of fused-ring (bicyclic) bond motifs is 1. The molecule has 0 saturated heterocycles. The Balaban J connectivity index is 1.83. The van der Waals surface area contributed by atoms with Crippen LogP contribution in [0.5, 0.6) is 0 Å². The van der Waals surface area contributed by atoms with Crippen molar-refractivity contribution in [3.8, 4) is 6.07 Å². The van der Waals surface area contributed by atoms with Crippen LogP contribution in [0.15, 0.2) is 54.0 Å². The minimum absolute atomic E-state index is 0.326. The van der Waals surface area contributed by atoms with Gasteiger partial charge in [0.15, 0.2) is 5.92 Å². The summed E-state index contributed by atoms with van der Waals surface area (Å²) in [7, 11) is 0. The molecule has 0 bridgehead atoms. The van der Waals surface area contributed by atoms with Gasteiger partial charge in [-0.05, 0) is 23.8 Å². The molecular formula is C16H11N3OS. The lowest BCUT2D eigenvalue weighted by molar-refractivity contribution is -0.116. The first-order chi connectivity index (χ1) is 10.3. The number of thiazole rings is 1. The zero-order chi connectivity index (χ0) is 14.7. The zero-order valence-electron chi connectivity index (χ0n) is 11.0. The smallest absolute Gasteiger partial charge is 0.246 e. The minimum Gasteiger partial charge on any atom is -0.325 e. The van der Waals surface area contributed by atoms with E-state index in [-0.39, 0.29) is 5.91 Å². The van der Waals surface area contributed by atoms with Crippen LogP contribution >= 0.6 is 11.3 Å². The number of rotatable bonds is 3. The lowest BCUT2D eigenvalue weighted by Crippen LogP contribution is -2.19. The molecule has 1 aromatic heterocycles. The molecule has 3 rings (SSSR count). The maximum absolute atomic E-state index is 12.3. The Hall–Kier alpha value is -2.71. The van der Waals surface area contributed by atoms with Crippen molar-refractivity contribution in [2.24, 2.45) is 0 Å². The number of nitrogens with zero attached hydrogens (tertiary/aromatic N) is 2. The molecule has 4 nitrogen and oxygen atoms in total. The van der Waals surface area contributed by atoms with Gasteiger partial charge in [0, 0.05) is 5.69 Å². The second kappa shape index (κ2) is 5.73. The summed E-state index contributed by atoms with van der Waals surface area (Å²) >= 11 is 1.51. The summed E-state index contributed by atoms with van der Waals surface area (Å²) in [4.78, 5) is 16.5. The minimum atomic E-state index is -0.816. The maximum Gasteiger partial charge on any atom is 0.246 e. The van der Waals surface area contributed by atoms with E-state index in [9.17, 15) is 10.1 Å². The van der Waals surface area contributed by atoms with Gasteiger partial charge in [-0.25, -0.2) is 4.98 Å². The first kappa shape index (κ1) is 13.3. The molecule has 1 unspecified atom stereocenters. The molecule has 0 fully saturated rings. The number of hydrogen-bond acceptors (Lipinski definition) is 4. The fourth-order valence-electron chi connectivity index (χ4n) is 2.08. The number of nitrogens with one attached hydrogen (secondary N) is 1. The Morgan fingerprint density at radius 3 is 2.81 bits per heavy atom.